The minimum absolute atomic E-state index is 0.0784. The van der Waals surface area contributed by atoms with E-state index in [1.165, 1.54) is 13.3 Å². The first-order chi connectivity index (χ1) is 9.51. The normalized spacial score (nSPS) is 11.9. The summed E-state index contributed by atoms with van der Waals surface area (Å²) < 4.78 is 10.2. The summed E-state index contributed by atoms with van der Waals surface area (Å²) in [5.74, 6) is 1.67. The lowest BCUT2D eigenvalue weighted by Crippen LogP contribution is -2.11. The molecule has 2 aromatic rings. The zero-order valence-corrected chi connectivity index (χ0v) is 11.6. The van der Waals surface area contributed by atoms with Gasteiger partial charge in [0.05, 0.1) is 30.6 Å². The molecule has 20 heavy (non-hydrogen) atoms. The number of carbonyl (C=O) groups is 1. The largest absolute Gasteiger partial charge is 0.465 e. The molecule has 0 radical (unpaired) electrons. The number of nitrogens with two attached hydrogens (primary N) is 1. The van der Waals surface area contributed by atoms with Crippen LogP contribution in [0.4, 0.5) is 11.5 Å². The van der Waals surface area contributed by atoms with Crippen LogP contribution in [-0.4, -0.2) is 18.1 Å². The number of nitrogens with one attached hydrogen (secondary N) is 1. The Bertz CT molecular complexity index is 622. The Morgan fingerprint density at radius 3 is 2.85 bits per heavy atom. The molecule has 0 bridgehead atoms. The van der Waals surface area contributed by atoms with Crippen molar-refractivity contribution in [3.63, 3.8) is 0 Å². The third-order valence-corrected chi connectivity index (χ3v) is 2.89. The second-order valence-corrected chi connectivity index (χ2v) is 4.46. The van der Waals surface area contributed by atoms with Crippen molar-refractivity contribution >= 4 is 17.5 Å². The molecule has 0 aliphatic heterocycles. The molecule has 106 valence electrons. The summed E-state index contributed by atoms with van der Waals surface area (Å²) in [4.78, 5) is 15.7. The lowest BCUT2D eigenvalue weighted by Gasteiger charge is -2.13. The van der Waals surface area contributed by atoms with Crippen molar-refractivity contribution < 1.29 is 13.9 Å². The SMILES string of the molecule is COC(=O)c1cc(NC(C)c2ccc(C)o2)ncc1N. The van der Waals surface area contributed by atoms with Gasteiger partial charge in [-0.2, -0.15) is 0 Å². The van der Waals surface area contributed by atoms with Crippen molar-refractivity contribution in [2.24, 2.45) is 0 Å². The highest BCUT2D eigenvalue weighted by Crippen LogP contribution is 2.22. The molecule has 0 spiro atoms. The lowest BCUT2D eigenvalue weighted by molar-refractivity contribution is 0.0602. The Morgan fingerprint density at radius 2 is 2.25 bits per heavy atom. The predicted octanol–water partition coefficient (Wildman–Crippen LogP) is 2.52. The van der Waals surface area contributed by atoms with Gasteiger partial charge in [-0.15, -0.1) is 0 Å². The fourth-order valence-corrected chi connectivity index (χ4v) is 1.81. The molecule has 2 rings (SSSR count). The standard InChI is InChI=1S/C14H17N3O3/c1-8-4-5-12(20-8)9(2)17-13-6-10(14(18)19-3)11(15)7-16-13/h4-7,9H,15H2,1-3H3,(H,16,17). The summed E-state index contributed by atoms with van der Waals surface area (Å²) in [7, 11) is 1.31. The van der Waals surface area contributed by atoms with Crippen LogP contribution in [0.5, 0.6) is 0 Å². The van der Waals surface area contributed by atoms with Crippen LogP contribution >= 0.6 is 0 Å². The number of rotatable bonds is 4. The van der Waals surface area contributed by atoms with Gasteiger partial charge in [0.25, 0.3) is 0 Å². The maximum atomic E-state index is 11.6. The highest BCUT2D eigenvalue weighted by atomic mass is 16.5. The van der Waals surface area contributed by atoms with Gasteiger partial charge in [0.2, 0.25) is 0 Å². The molecule has 6 nitrogen and oxygen atoms in total. The van der Waals surface area contributed by atoms with Crippen molar-refractivity contribution in [3.05, 3.63) is 41.5 Å². The maximum Gasteiger partial charge on any atom is 0.340 e. The van der Waals surface area contributed by atoms with Gasteiger partial charge in [-0.3, -0.25) is 0 Å². The Kier molecular flexibility index (Phi) is 3.93. The molecule has 0 fully saturated rings. The quantitative estimate of drug-likeness (QED) is 0.833. The number of esters is 1. The first-order valence-electron chi connectivity index (χ1n) is 6.18. The molecular formula is C14H17N3O3. The molecule has 1 unspecified atom stereocenters. The molecule has 0 aliphatic carbocycles. The van der Waals surface area contributed by atoms with E-state index in [9.17, 15) is 4.79 Å². The van der Waals surface area contributed by atoms with Crippen LogP contribution in [0.3, 0.4) is 0 Å². The van der Waals surface area contributed by atoms with Gasteiger partial charge in [0.15, 0.2) is 0 Å². The Balaban J connectivity index is 2.19. The lowest BCUT2D eigenvalue weighted by atomic mass is 10.2. The summed E-state index contributed by atoms with van der Waals surface area (Å²) in [6.45, 7) is 3.82. The molecule has 3 N–H and O–H groups in total. The molecule has 0 amide bonds. The van der Waals surface area contributed by atoms with Crippen LogP contribution in [0.2, 0.25) is 0 Å². The number of nitrogen functional groups attached to an aromatic ring is 1. The Hall–Kier alpha value is -2.50. The van der Waals surface area contributed by atoms with Gasteiger partial charge in [0.1, 0.15) is 17.3 Å². The van der Waals surface area contributed by atoms with Crippen LogP contribution in [0, 0.1) is 6.92 Å². The van der Waals surface area contributed by atoms with Crippen LogP contribution < -0.4 is 11.1 Å². The van der Waals surface area contributed by atoms with Gasteiger partial charge in [0, 0.05) is 0 Å². The predicted molar refractivity (Wildman–Crippen MR) is 75.5 cm³/mol. The summed E-state index contributed by atoms with van der Waals surface area (Å²) >= 11 is 0. The van der Waals surface area contributed by atoms with Crippen LogP contribution in [0.25, 0.3) is 0 Å². The number of nitrogens with zero attached hydrogens (tertiary/aromatic N) is 1. The third kappa shape index (κ3) is 2.90. The van der Waals surface area contributed by atoms with Crippen molar-refractivity contribution in [2.45, 2.75) is 19.9 Å². The van der Waals surface area contributed by atoms with Crippen LogP contribution in [0.15, 0.2) is 28.8 Å². The first-order valence-corrected chi connectivity index (χ1v) is 6.18. The number of methoxy groups -OCH3 is 1. The third-order valence-electron chi connectivity index (χ3n) is 2.89. The average molecular weight is 275 g/mol. The summed E-state index contributed by atoms with van der Waals surface area (Å²) in [6, 6.07) is 5.27. The topological polar surface area (TPSA) is 90.4 Å². The molecule has 2 aromatic heterocycles. The summed E-state index contributed by atoms with van der Waals surface area (Å²) in [6.07, 6.45) is 1.43. The number of carbonyl (C=O) groups excluding carboxylic acids is 1. The highest BCUT2D eigenvalue weighted by Gasteiger charge is 2.14. The van der Waals surface area contributed by atoms with Gasteiger partial charge < -0.3 is 20.2 Å². The van der Waals surface area contributed by atoms with E-state index in [1.807, 2.05) is 26.0 Å². The minimum atomic E-state index is -0.491. The number of furan rings is 1. The number of aromatic nitrogens is 1. The molecule has 6 heteroatoms. The fourth-order valence-electron chi connectivity index (χ4n) is 1.81. The Morgan fingerprint density at radius 1 is 1.50 bits per heavy atom. The van der Waals surface area contributed by atoms with Gasteiger partial charge >= 0.3 is 5.97 Å². The first kappa shape index (κ1) is 13.9. The van der Waals surface area contributed by atoms with Gasteiger partial charge in [-0.1, -0.05) is 0 Å². The zero-order chi connectivity index (χ0) is 14.7. The smallest absolute Gasteiger partial charge is 0.340 e. The monoisotopic (exact) mass is 275 g/mol. The maximum absolute atomic E-state index is 11.6. The molecule has 1 atom stereocenters. The van der Waals surface area contributed by atoms with Crippen molar-refractivity contribution in [2.75, 3.05) is 18.2 Å². The molecule has 0 saturated heterocycles. The number of ether oxygens (including phenoxy) is 1. The zero-order valence-electron chi connectivity index (χ0n) is 11.6. The van der Waals surface area contributed by atoms with Crippen molar-refractivity contribution in [1.29, 1.82) is 0 Å². The van der Waals surface area contributed by atoms with E-state index < -0.39 is 5.97 Å². The van der Waals surface area contributed by atoms with E-state index in [4.69, 9.17) is 10.2 Å². The molecule has 0 aliphatic rings. The van der Waals surface area contributed by atoms with Crippen LogP contribution in [0.1, 0.15) is 34.8 Å². The van der Waals surface area contributed by atoms with E-state index in [0.29, 0.717) is 5.82 Å². The molecule has 0 aromatic carbocycles. The number of aryl methyl sites for hydroxylation is 1. The van der Waals surface area contributed by atoms with Crippen molar-refractivity contribution in [3.8, 4) is 0 Å². The van der Waals surface area contributed by atoms with E-state index in [-0.39, 0.29) is 17.3 Å². The number of anilines is 2. The second-order valence-electron chi connectivity index (χ2n) is 4.46. The van der Waals surface area contributed by atoms with Gasteiger partial charge in [-0.05, 0) is 32.0 Å². The van der Waals surface area contributed by atoms with E-state index in [1.54, 1.807) is 6.07 Å². The van der Waals surface area contributed by atoms with E-state index in [0.717, 1.165) is 11.5 Å². The number of hydrogen-bond donors (Lipinski definition) is 2. The number of pyridine rings is 1. The van der Waals surface area contributed by atoms with E-state index >= 15 is 0 Å². The summed E-state index contributed by atoms with van der Waals surface area (Å²) in [5.41, 5.74) is 6.27. The fraction of sp³-hybridized carbons (Fsp3) is 0.286. The number of hydrogen-bond acceptors (Lipinski definition) is 6. The second kappa shape index (κ2) is 5.64. The summed E-state index contributed by atoms with van der Waals surface area (Å²) in [5, 5.41) is 3.15. The minimum Gasteiger partial charge on any atom is -0.465 e. The molecular weight excluding hydrogens is 258 g/mol. The van der Waals surface area contributed by atoms with Crippen molar-refractivity contribution in [1.82, 2.24) is 4.98 Å². The highest BCUT2D eigenvalue weighted by molar-refractivity contribution is 5.95. The average Bonchev–Trinajstić information content (AvgIpc) is 2.87. The van der Waals surface area contributed by atoms with Crippen LogP contribution in [-0.2, 0) is 4.74 Å². The van der Waals surface area contributed by atoms with E-state index in [2.05, 4.69) is 15.0 Å². The Labute approximate surface area is 116 Å². The molecule has 2 heterocycles. The molecule has 0 saturated carbocycles. The van der Waals surface area contributed by atoms with Gasteiger partial charge in [-0.25, -0.2) is 9.78 Å².